The Morgan fingerprint density at radius 2 is 1.70 bits per heavy atom. The standard InChI is InChI=1S/C18H11N3O2/c1-23-10-6-7-14-13(8-10)16-17-15(19-9-20-16)11-4-2-3-5-12(11)18(22)21(14)17/h2-9H,1H3. The number of hydrogen-bond acceptors (Lipinski definition) is 4. The number of methoxy groups -OCH3 is 1. The van der Waals surface area contributed by atoms with Gasteiger partial charge in [-0.15, -0.1) is 0 Å². The fraction of sp³-hybridized carbons (Fsp3) is 0.0556. The summed E-state index contributed by atoms with van der Waals surface area (Å²) < 4.78 is 7.02. The summed E-state index contributed by atoms with van der Waals surface area (Å²) in [5.74, 6) is 0.737. The van der Waals surface area contributed by atoms with Gasteiger partial charge in [0, 0.05) is 16.2 Å². The van der Waals surface area contributed by atoms with E-state index in [1.807, 2.05) is 42.5 Å². The summed E-state index contributed by atoms with van der Waals surface area (Å²) in [7, 11) is 1.62. The second kappa shape index (κ2) is 4.16. The number of hydrogen-bond donors (Lipinski definition) is 0. The van der Waals surface area contributed by atoms with E-state index in [4.69, 9.17) is 4.74 Å². The van der Waals surface area contributed by atoms with E-state index in [-0.39, 0.29) is 5.56 Å². The number of nitrogens with zero attached hydrogens (tertiary/aromatic N) is 3. The second-order valence-corrected chi connectivity index (χ2v) is 5.49. The zero-order valence-corrected chi connectivity index (χ0v) is 12.3. The Morgan fingerprint density at radius 3 is 2.48 bits per heavy atom. The van der Waals surface area contributed by atoms with Gasteiger partial charge in [0.05, 0.1) is 18.1 Å². The van der Waals surface area contributed by atoms with Crippen LogP contribution in [0.15, 0.2) is 53.6 Å². The molecular formula is C18H11N3O2. The third-order valence-electron chi connectivity index (χ3n) is 4.36. The molecule has 0 saturated heterocycles. The highest BCUT2D eigenvalue weighted by Crippen LogP contribution is 2.33. The Hall–Kier alpha value is -3.21. The average molecular weight is 301 g/mol. The fourth-order valence-corrected chi connectivity index (χ4v) is 3.34. The van der Waals surface area contributed by atoms with Crippen LogP contribution in [0.2, 0.25) is 0 Å². The molecule has 0 aliphatic heterocycles. The van der Waals surface area contributed by atoms with Crippen LogP contribution in [0, 0.1) is 0 Å². The summed E-state index contributed by atoms with van der Waals surface area (Å²) in [6.45, 7) is 0. The normalized spacial score (nSPS) is 11.9. The molecule has 0 atom stereocenters. The molecule has 0 aliphatic carbocycles. The highest BCUT2D eigenvalue weighted by Gasteiger charge is 2.18. The number of fused-ring (bicyclic) bond motifs is 5. The maximum Gasteiger partial charge on any atom is 0.263 e. The minimum Gasteiger partial charge on any atom is -0.497 e. The second-order valence-electron chi connectivity index (χ2n) is 5.49. The minimum absolute atomic E-state index is 0.0481. The average Bonchev–Trinajstić information content (AvgIpc) is 2.94. The minimum atomic E-state index is -0.0481. The van der Waals surface area contributed by atoms with Crippen molar-refractivity contribution in [2.24, 2.45) is 0 Å². The van der Waals surface area contributed by atoms with Gasteiger partial charge in [-0.25, -0.2) is 9.97 Å². The van der Waals surface area contributed by atoms with Crippen molar-refractivity contribution in [3.05, 3.63) is 59.1 Å². The van der Waals surface area contributed by atoms with Crippen molar-refractivity contribution in [2.45, 2.75) is 0 Å². The first-order valence-electron chi connectivity index (χ1n) is 7.27. The van der Waals surface area contributed by atoms with Crippen LogP contribution in [0.3, 0.4) is 0 Å². The number of ether oxygens (including phenoxy) is 1. The van der Waals surface area contributed by atoms with Crippen molar-refractivity contribution in [3.63, 3.8) is 0 Å². The van der Waals surface area contributed by atoms with Gasteiger partial charge in [-0.3, -0.25) is 9.20 Å². The molecule has 5 nitrogen and oxygen atoms in total. The van der Waals surface area contributed by atoms with Gasteiger partial charge in [-0.05, 0) is 24.3 Å². The van der Waals surface area contributed by atoms with E-state index in [1.54, 1.807) is 17.8 Å². The van der Waals surface area contributed by atoms with Crippen molar-refractivity contribution in [3.8, 4) is 5.75 Å². The van der Waals surface area contributed by atoms with Gasteiger partial charge in [-0.1, -0.05) is 18.2 Å². The van der Waals surface area contributed by atoms with Crippen LogP contribution in [0.1, 0.15) is 0 Å². The SMILES string of the molecule is COc1ccc2c(c1)c1ncnc3c4ccccc4c(=O)n2c31. The van der Waals surface area contributed by atoms with Crippen molar-refractivity contribution in [1.82, 2.24) is 14.4 Å². The van der Waals surface area contributed by atoms with Crippen molar-refractivity contribution in [2.75, 3.05) is 7.11 Å². The number of benzene rings is 2. The lowest BCUT2D eigenvalue weighted by Crippen LogP contribution is -2.13. The molecule has 0 bridgehead atoms. The Labute approximate surface area is 130 Å². The van der Waals surface area contributed by atoms with Gasteiger partial charge >= 0.3 is 0 Å². The van der Waals surface area contributed by atoms with E-state index in [9.17, 15) is 4.79 Å². The predicted octanol–water partition coefficient (Wildman–Crippen LogP) is 3.00. The van der Waals surface area contributed by atoms with E-state index in [0.717, 1.165) is 38.6 Å². The molecule has 23 heavy (non-hydrogen) atoms. The smallest absolute Gasteiger partial charge is 0.263 e. The van der Waals surface area contributed by atoms with Crippen molar-refractivity contribution >= 4 is 38.2 Å². The Kier molecular flexibility index (Phi) is 2.24. The maximum atomic E-state index is 13.0. The van der Waals surface area contributed by atoms with E-state index in [2.05, 4.69) is 9.97 Å². The topological polar surface area (TPSA) is 56.5 Å². The van der Waals surface area contributed by atoms with Gasteiger partial charge in [-0.2, -0.15) is 0 Å². The number of pyridine rings is 1. The summed E-state index contributed by atoms with van der Waals surface area (Å²) in [5.41, 5.74) is 3.10. The molecule has 0 amide bonds. The molecule has 5 heteroatoms. The first kappa shape index (κ1) is 12.3. The van der Waals surface area contributed by atoms with E-state index in [1.165, 1.54) is 0 Å². The summed E-state index contributed by atoms with van der Waals surface area (Å²) in [5, 5.41) is 2.41. The molecule has 5 aromatic rings. The number of aromatic nitrogens is 3. The molecule has 0 saturated carbocycles. The van der Waals surface area contributed by atoms with Crippen LogP contribution in [0.5, 0.6) is 5.75 Å². The molecule has 3 heterocycles. The molecule has 110 valence electrons. The van der Waals surface area contributed by atoms with Crippen LogP contribution >= 0.6 is 0 Å². The highest BCUT2D eigenvalue weighted by atomic mass is 16.5. The molecule has 0 aliphatic rings. The van der Waals surface area contributed by atoms with Gasteiger partial charge in [0.1, 0.15) is 23.1 Å². The van der Waals surface area contributed by atoms with Crippen molar-refractivity contribution in [1.29, 1.82) is 0 Å². The molecule has 5 rings (SSSR count). The van der Waals surface area contributed by atoms with Crippen LogP contribution < -0.4 is 10.3 Å². The van der Waals surface area contributed by atoms with Gasteiger partial charge in [0.25, 0.3) is 5.56 Å². The van der Waals surface area contributed by atoms with Crippen LogP contribution in [0.4, 0.5) is 0 Å². The molecule has 0 fully saturated rings. The summed E-state index contributed by atoms with van der Waals surface area (Å²) in [6, 6.07) is 13.2. The monoisotopic (exact) mass is 301 g/mol. The Bertz CT molecular complexity index is 1270. The maximum absolute atomic E-state index is 13.0. The Balaban J connectivity index is 2.21. The summed E-state index contributed by atoms with van der Waals surface area (Å²) in [6.07, 6.45) is 1.55. The largest absolute Gasteiger partial charge is 0.497 e. The molecule has 0 N–H and O–H groups in total. The lowest BCUT2D eigenvalue weighted by Gasteiger charge is -2.04. The molecule has 0 radical (unpaired) electrons. The molecular weight excluding hydrogens is 290 g/mol. The van der Waals surface area contributed by atoms with Crippen LogP contribution in [0.25, 0.3) is 38.2 Å². The van der Waals surface area contributed by atoms with Gasteiger partial charge in [0.2, 0.25) is 0 Å². The Morgan fingerprint density at radius 1 is 0.957 bits per heavy atom. The summed E-state index contributed by atoms with van der Waals surface area (Å²) >= 11 is 0. The lowest BCUT2D eigenvalue weighted by atomic mass is 10.1. The van der Waals surface area contributed by atoms with E-state index in [0.29, 0.717) is 5.39 Å². The van der Waals surface area contributed by atoms with Gasteiger partial charge < -0.3 is 4.74 Å². The summed E-state index contributed by atoms with van der Waals surface area (Å²) in [4.78, 5) is 21.9. The molecule has 0 unspecified atom stereocenters. The number of rotatable bonds is 1. The van der Waals surface area contributed by atoms with E-state index < -0.39 is 0 Å². The van der Waals surface area contributed by atoms with E-state index >= 15 is 0 Å². The molecule has 0 spiro atoms. The molecule has 3 aromatic heterocycles. The van der Waals surface area contributed by atoms with Crippen LogP contribution in [-0.2, 0) is 0 Å². The van der Waals surface area contributed by atoms with Crippen LogP contribution in [-0.4, -0.2) is 21.5 Å². The lowest BCUT2D eigenvalue weighted by molar-refractivity contribution is 0.415. The first-order chi connectivity index (χ1) is 11.3. The molecule has 2 aromatic carbocycles. The first-order valence-corrected chi connectivity index (χ1v) is 7.27. The van der Waals surface area contributed by atoms with Gasteiger partial charge in [0.15, 0.2) is 0 Å². The highest BCUT2D eigenvalue weighted by molar-refractivity contribution is 6.17. The predicted molar refractivity (Wildman–Crippen MR) is 89.5 cm³/mol. The van der Waals surface area contributed by atoms with Crippen molar-refractivity contribution < 1.29 is 4.74 Å². The fourth-order valence-electron chi connectivity index (χ4n) is 3.34. The zero-order valence-electron chi connectivity index (χ0n) is 12.3. The third kappa shape index (κ3) is 1.43. The quantitative estimate of drug-likeness (QED) is 0.447. The third-order valence-corrected chi connectivity index (χ3v) is 4.36. The zero-order chi connectivity index (χ0) is 15.6.